The van der Waals surface area contributed by atoms with Crippen LogP contribution in [0.2, 0.25) is 0 Å². The minimum Gasteiger partial charge on any atom is -0.496 e. The van der Waals surface area contributed by atoms with Gasteiger partial charge >= 0.3 is 0 Å². The van der Waals surface area contributed by atoms with Crippen molar-refractivity contribution in [1.29, 1.82) is 0 Å². The van der Waals surface area contributed by atoms with Gasteiger partial charge in [-0.2, -0.15) is 0 Å². The third-order valence-corrected chi connectivity index (χ3v) is 2.63. The van der Waals surface area contributed by atoms with Crippen molar-refractivity contribution in [1.82, 2.24) is 0 Å². The molecule has 0 aliphatic carbocycles. The molecule has 14 heavy (non-hydrogen) atoms. The topological polar surface area (TPSA) is 38.7 Å². The molecule has 0 radical (unpaired) electrons. The summed E-state index contributed by atoms with van der Waals surface area (Å²) in [4.78, 5) is 0. The Labute approximate surface area is 83.3 Å². The summed E-state index contributed by atoms with van der Waals surface area (Å²) in [5.41, 5.74) is 1.13. The van der Waals surface area contributed by atoms with Crippen LogP contribution in [-0.4, -0.2) is 25.4 Å². The lowest BCUT2D eigenvalue weighted by molar-refractivity contribution is -0.184. The molecule has 1 N–H and O–H groups in total. The molecule has 0 bridgehead atoms. The number of aliphatic hydroxyl groups is 1. The first kappa shape index (κ1) is 9.49. The molecule has 2 rings (SSSR count). The first-order valence-electron chi connectivity index (χ1n) is 4.61. The fraction of sp³-hybridized carbons (Fsp3) is 0.455. The third-order valence-electron chi connectivity index (χ3n) is 2.63. The van der Waals surface area contributed by atoms with Crippen LogP contribution in [0.5, 0.6) is 5.75 Å². The Morgan fingerprint density at radius 2 is 2.14 bits per heavy atom. The quantitative estimate of drug-likeness (QED) is 0.769. The van der Waals surface area contributed by atoms with Crippen LogP contribution in [0.4, 0.5) is 0 Å². The van der Waals surface area contributed by atoms with E-state index >= 15 is 0 Å². The van der Waals surface area contributed by atoms with E-state index in [0.29, 0.717) is 13.2 Å². The summed E-state index contributed by atoms with van der Waals surface area (Å²) in [5, 5.41) is 10.0. The van der Waals surface area contributed by atoms with Gasteiger partial charge in [0.05, 0.1) is 20.3 Å². The molecule has 0 spiro atoms. The van der Waals surface area contributed by atoms with E-state index in [2.05, 4.69) is 0 Å². The zero-order chi connectivity index (χ0) is 10.2. The molecule has 3 nitrogen and oxygen atoms in total. The highest BCUT2D eigenvalue weighted by molar-refractivity contribution is 5.39. The van der Waals surface area contributed by atoms with Crippen molar-refractivity contribution in [3.05, 3.63) is 29.3 Å². The van der Waals surface area contributed by atoms with E-state index in [1.165, 1.54) is 0 Å². The van der Waals surface area contributed by atoms with Gasteiger partial charge in [0.25, 0.3) is 0 Å². The molecule has 1 heterocycles. The standard InChI is InChI=1S/C11H14O3/c1-8-3-4-9(5-10(8)13-2)11(12)6-14-7-11/h3-5,12H,6-7H2,1-2H3. The van der Waals surface area contributed by atoms with Crippen LogP contribution in [0.3, 0.4) is 0 Å². The second-order valence-electron chi connectivity index (χ2n) is 3.71. The van der Waals surface area contributed by atoms with Crippen LogP contribution < -0.4 is 4.74 Å². The number of aryl methyl sites for hydroxylation is 1. The number of hydrogen-bond acceptors (Lipinski definition) is 3. The van der Waals surface area contributed by atoms with Crippen LogP contribution in [0.1, 0.15) is 11.1 Å². The summed E-state index contributed by atoms with van der Waals surface area (Å²) < 4.78 is 10.2. The second kappa shape index (κ2) is 3.26. The van der Waals surface area contributed by atoms with Gasteiger partial charge in [0.2, 0.25) is 0 Å². The molecule has 3 heteroatoms. The molecular weight excluding hydrogens is 180 g/mol. The monoisotopic (exact) mass is 194 g/mol. The molecule has 1 aliphatic heterocycles. The third kappa shape index (κ3) is 1.38. The summed E-state index contributed by atoms with van der Waals surface area (Å²) >= 11 is 0. The van der Waals surface area contributed by atoms with E-state index in [4.69, 9.17) is 9.47 Å². The van der Waals surface area contributed by atoms with Crippen molar-refractivity contribution in [2.45, 2.75) is 12.5 Å². The number of rotatable bonds is 2. The van der Waals surface area contributed by atoms with Crippen molar-refractivity contribution < 1.29 is 14.6 Å². The van der Waals surface area contributed by atoms with Crippen LogP contribution in [0, 0.1) is 6.92 Å². The van der Waals surface area contributed by atoms with E-state index in [9.17, 15) is 5.11 Å². The summed E-state index contributed by atoms with van der Waals surface area (Å²) in [7, 11) is 1.63. The van der Waals surface area contributed by atoms with Crippen LogP contribution in [-0.2, 0) is 10.3 Å². The average molecular weight is 194 g/mol. The van der Waals surface area contributed by atoms with Crippen molar-refractivity contribution in [2.24, 2.45) is 0 Å². The second-order valence-corrected chi connectivity index (χ2v) is 3.71. The molecule has 1 aromatic rings. The first-order valence-corrected chi connectivity index (χ1v) is 4.61. The number of benzene rings is 1. The van der Waals surface area contributed by atoms with E-state index in [1.54, 1.807) is 7.11 Å². The Morgan fingerprint density at radius 3 is 2.64 bits per heavy atom. The predicted molar refractivity (Wildman–Crippen MR) is 52.4 cm³/mol. The van der Waals surface area contributed by atoms with Crippen molar-refractivity contribution in [3.63, 3.8) is 0 Å². The highest BCUT2D eigenvalue weighted by Gasteiger charge is 2.38. The summed E-state index contributed by atoms with van der Waals surface area (Å²) in [6.45, 7) is 2.72. The molecular formula is C11H14O3. The van der Waals surface area contributed by atoms with Crippen LogP contribution >= 0.6 is 0 Å². The Balaban J connectivity index is 2.35. The van der Waals surface area contributed by atoms with Crippen molar-refractivity contribution >= 4 is 0 Å². The SMILES string of the molecule is COc1cc(C2(O)COC2)ccc1C. The van der Waals surface area contributed by atoms with Crippen LogP contribution in [0.25, 0.3) is 0 Å². The average Bonchev–Trinajstić information content (AvgIpc) is 2.15. The summed E-state index contributed by atoms with van der Waals surface area (Å²) in [5.74, 6) is 0.808. The van der Waals surface area contributed by atoms with E-state index in [1.807, 2.05) is 25.1 Å². The Bertz CT molecular complexity index is 342. The maximum absolute atomic E-state index is 10.0. The summed E-state index contributed by atoms with van der Waals surface area (Å²) in [6, 6.07) is 5.74. The number of methoxy groups -OCH3 is 1. The molecule has 1 saturated heterocycles. The minimum atomic E-state index is -0.805. The summed E-state index contributed by atoms with van der Waals surface area (Å²) in [6.07, 6.45) is 0. The number of ether oxygens (including phenoxy) is 2. The van der Waals surface area contributed by atoms with E-state index in [0.717, 1.165) is 16.9 Å². The molecule has 0 atom stereocenters. The Hall–Kier alpha value is -1.06. The zero-order valence-corrected chi connectivity index (χ0v) is 8.41. The van der Waals surface area contributed by atoms with Gasteiger partial charge in [0.15, 0.2) is 0 Å². The van der Waals surface area contributed by atoms with Gasteiger partial charge in [-0.3, -0.25) is 0 Å². The molecule has 0 amide bonds. The molecule has 1 aromatic carbocycles. The highest BCUT2D eigenvalue weighted by atomic mass is 16.5. The first-order chi connectivity index (χ1) is 6.65. The fourth-order valence-electron chi connectivity index (χ4n) is 1.57. The van der Waals surface area contributed by atoms with E-state index < -0.39 is 5.60 Å². The van der Waals surface area contributed by atoms with Gasteiger partial charge in [-0.25, -0.2) is 0 Å². The lowest BCUT2D eigenvalue weighted by Gasteiger charge is -2.36. The maximum Gasteiger partial charge on any atom is 0.136 e. The van der Waals surface area contributed by atoms with Crippen molar-refractivity contribution in [3.8, 4) is 5.75 Å². The molecule has 76 valence electrons. The zero-order valence-electron chi connectivity index (χ0n) is 8.41. The van der Waals surface area contributed by atoms with Gasteiger partial charge in [-0.05, 0) is 24.1 Å². The Kier molecular flexibility index (Phi) is 2.21. The van der Waals surface area contributed by atoms with Gasteiger partial charge in [0.1, 0.15) is 11.4 Å². The molecule has 0 unspecified atom stereocenters. The largest absolute Gasteiger partial charge is 0.496 e. The van der Waals surface area contributed by atoms with Gasteiger partial charge in [-0.15, -0.1) is 0 Å². The smallest absolute Gasteiger partial charge is 0.136 e. The molecule has 1 aliphatic rings. The number of hydrogen-bond donors (Lipinski definition) is 1. The van der Waals surface area contributed by atoms with Gasteiger partial charge in [0, 0.05) is 0 Å². The normalized spacial score (nSPS) is 18.8. The van der Waals surface area contributed by atoms with Crippen molar-refractivity contribution in [2.75, 3.05) is 20.3 Å². The van der Waals surface area contributed by atoms with Crippen LogP contribution in [0.15, 0.2) is 18.2 Å². The molecule has 0 saturated carbocycles. The lowest BCUT2D eigenvalue weighted by atomic mass is 9.91. The predicted octanol–water partition coefficient (Wildman–Crippen LogP) is 1.22. The van der Waals surface area contributed by atoms with Gasteiger partial charge in [-0.1, -0.05) is 12.1 Å². The minimum absolute atomic E-state index is 0.374. The lowest BCUT2D eigenvalue weighted by Crippen LogP contribution is -2.46. The maximum atomic E-state index is 10.0. The highest BCUT2D eigenvalue weighted by Crippen LogP contribution is 2.32. The van der Waals surface area contributed by atoms with Gasteiger partial charge < -0.3 is 14.6 Å². The Morgan fingerprint density at radius 1 is 1.43 bits per heavy atom. The fourth-order valence-corrected chi connectivity index (χ4v) is 1.57. The van der Waals surface area contributed by atoms with E-state index in [-0.39, 0.29) is 0 Å². The molecule has 0 aromatic heterocycles. The molecule has 1 fully saturated rings.